The fourth-order valence-corrected chi connectivity index (χ4v) is 3.02. The van der Waals surface area contributed by atoms with Gasteiger partial charge in [-0.3, -0.25) is 0 Å². The lowest BCUT2D eigenvalue weighted by Crippen LogP contribution is -2.32. The zero-order valence-electron chi connectivity index (χ0n) is 9.54. The molecule has 0 radical (unpaired) electrons. The highest BCUT2D eigenvalue weighted by Crippen LogP contribution is 2.33. The molecular weight excluding hydrogens is 230 g/mol. The Kier molecular flexibility index (Phi) is 2.82. The molecule has 0 amide bonds. The SMILES string of the molecule is NC1CCN(Cc2ccccc2)c2csnc21. The van der Waals surface area contributed by atoms with Crippen molar-refractivity contribution in [1.29, 1.82) is 0 Å². The van der Waals surface area contributed by atoms with Crippen molar-refractivity contribution in [3.63, 3.8) is 0 Å². The summed E-state index contributed by atoms with van der Waals surface area (Å²) >= 11 is 1.50. The van der Waals surface area contributed by atoms with E-state index in [0.717, 1.165) is 25.2 Å². The maximum Gasteiger partial charge on any atom is 0.0943 e. The lowest BCUT2D eigenvalue weighted by molar-refractivity contribution is 0.582. The van der Waals surface area contributed by atoms with E-state index in [-0.39, 0.29) is 6.04 Å². The van der Waals surface area contributed by atoms with E-state index >= 15 is 0 Å². The predicted octanol–water partition coefficient (Wildman–Crippen LogP) is 2.55. The summed E-state index contributed by atoms with van der Waals surface area (Å²) in [6.07, 6.45) is 0.990. The van der Waals surface area contributed by atoms with Gasteiger partial charge in [-0.05, 0) is 23.5 Å². The molecule has 1 aromatic heterocycles. The summed E-state index contributed by atoms with van der Waals surface area (Å²) < 4.78 is 4.40. The Balaban J connectivity index is 1.85. The van der Waals surface area contributed by atoms with Gasteiger partial charge in [0, 0.05) is 18.5 Å². The van der Waals surface area contributed by atoms with Crippen LogP contribution in [0.4, 0.5) is 5.69 Å². The Labute approximate surface area is 105 Å². The van der Waals surface area contributed by atoms with Gasteiger partial charge in [0.25, 0.3) is 0 Å². The standard InChI is InChI=1S/C13H15N3S/c14-11-6-7-16(12-9-17-15-13(11)12)8-10-4-2-1-3-5-10/h1-5,9,11H,6-8,14H2. The highest BCUT2D eigenvalue weighted by molar-refractivity contribution is 7.04. The van der Waals surface area contributed by atoms with Gasteiger partial charge in [-0.15, -0.1) is 0 Å². The van der Waals surface area contributed by atoms with E-state index in [2.05, 4.69) is 38.9 Å². The number of rotatable bonds is 2. The Bertz CT molecular complexity index is 494. The first-order valence-electron chi connectivity index (χ1n) is 5.83. The van der Waals surface area contributed by atoms with Crippen LogP contribution in [0.2, 0.25) is 0 Å². The molecule has 1 aliphatic rings. The molecule has 2 aromatic rings. The molecular formula is C13H15N3S. The fraction of sp³-hybridized carbons (Fsp3) is 0.308. The number of hydrogen-bond donors (Lipinski definition) is 1. The Hall–Kier alpha value is -1.39. The first-order chi connectivity index (χ1) is 8.34. The molecule has 0 spiro atoms. The van der Waals surface area contributed by atoms with Gasteiger partial charge in [-0.2, -0.15) is 4.37 Å². The van der Waals surface area contributed by atoms with Crippen LogP contribution in [0.1, 0.15) is 23.7 Å². The quantitative estimate of drug-likeness (QED) is 0.884. The van der Waals surface area contributed by atoms with Crippen molar-refractivity contribution in [3.05, 3.63) is 47.0 Å². The van der Waals surface area contributed by atoms with E-state index in [1.54, 1.807) is 0 Å². The van der Waals surface area contributed by atoms with Gasteiger partial charge >= 0.3 is 0 Å². The summed E-state index contributed by atoms with van der Waals surface area (Å²) in [6.45, 7) is 1.96. The normalized spacial score (nSPS) is 19.1. The number of fused-ring (bicyclic) bond motifs is 1. The van der Waals surface area contributed by atoms with E-state index in [4.69, 9.17) is 5.73 Å². The molecule has 1 aromatic carbocycles. The number of hydrogen-bond acceptors (Lipinski definition) is 4. The van der Waals surface area contributed by atoms with Gasteiger partial charge in [-0.1, -0.05) is 30.3 Å². The first-order valence-corrected chi connectivity index (χ1v) is 6.67. The van der Waals surface area contributed by atoms with Crippen LogP contribution in [0.25, 0.3) is 0 Å². The van der Waals surface area contributed by atoms with Gasteiger partial charge in [0.15, 0.2) is 0 Å². The molecule has 3 rings (SSSR count). The molecule has 2 N–H and O–H groups in total. The molecule has 0 aliphatic carbocycles. The third-order valence-corrected chi connectivity index (χ3v) is 3.83. The second-order valence-electron chi connectivity index (χ2n) is 4.39. The molecule has 1 aliphatic heterocycles. The minimum absolute atomic E-state index is 0.114. The van der Waals surface area contributed by atoms with Crippen molar-refractivity contribution in [2.75, 3.05) is 11.4 Å². The molecule has 2 heterocycles. The first kappa shape index (κ1) is 10.7. The molecule has 3 nitrogen and oxygen atoms in total. The van der Waals surface area contributed by atoms with Crippen LogP contribution in [0.3, 0.4) is 0 Å². The largest absolute Gasteiger partial charge is 0.365 e. The molecule has 1 unspecified atom stereocenters. The van der Waals surface area contributed by atoms with E-state index < -0.39 is 0 Å². The van der Waals surface area contributed by atoms with Crippen LogP contribution in [0, 0.1) is 0 Å². The van der Waals surface area contributed by atoms with E-state index in [1.165, 1.54) is 22.8 Å². The summed E-state index contributed by atoms with van der Waals surface area (Å²) in [6, 6.07) is 10.6. The maximum absolute atomic E-state index is 6.06. The number of benzene rings is 1. The average Bonchev–Trinajstić information content (AvgIpc) is 2.84. The molecule has 0 saturated carbocycles. The van der Waals surface area contributed by atoms with Gasteiger partial charge in [0.1, 0.15) is 0 Å². The zero-order chi connectivity index (χ0) is 11.7. The minimum atomic E-state index is 0.114. The minimum Gasteiger partial charge on any atom is -0.365 e. The predicted molar refractivity (Wildman–Crippen MR) is 71.2 cm³/mol. The van der Waals surface area contributed by atoms with Crippen molar-refractivity contribution >= 4 is 17.2 Å². The Morgan fingerprint density at radius 2 is 2.18 bits per heavy atom. The zero-order valence-corrected chi connectivity index (χ0v) is 10.4. The maximum atomic E-state index is 6.06. The molecule has 0 fully saturated rings. The number of aromatic nitrogens is 1. The summed E-state index contributed by atoms with van der Waals surface area (Å²) in [5.41, 5.74) is 9.68. The van der Waals surface area contributed by atoms with E-state index in [0.29, 0.717) is 0 Å². The topological polar surface area (TPSA) is 42.1 Å². The van der Waals surface area contributed by atoms with Crippen molar-refractivity contribution in [1.82, 2.24) is 4.37 Å². The van der Waals surface area contributed by atoms with Crippen LogP contribution in [-0.2, 0) is 6.54 Å². The van der Waals surface area contributed by atoms with Crippen LogP contribution in [-0.4, -0.2) is 10.9 Å². The average molecular weight is 245 g/mol. The third kappa shape index (κ3) is 2.06. The third-order valence-electron chi connectivity index (χ3n) is 3.20. The van der Waals surface area contributed by atoms with Gasteiger partial charge < -0.3 is 10.6 Å². The van der Waals surface area contributed by atoms with Crippen molar-refractivity contribution in [2.45, 2.75) is 19.0 Å². The summed E-state index contributed by atoms with van der Waals surface area (Å²) in [4.78, 5) is 2.37. The van der Waals surface area contributed by atoms with E-state index in [9.17, 15) is 0 Å². The van der Waals surface area contributed by atoms with Gasteiger partial charge in [-0.25, -0.2) is 0 Å². The molecule has 1 atom stereocenters. The Morgan fingerprint density at radius 1 is 1.35 bits per heavy atom. The second kappa shape index (κ2) is 4.47. The lowest BCUT2D eigenvalue weighted by Gasteiger charge is -2.31. The summed E-state index contributed by atoms with van der Waals surface area (Å²) in [7, 11) is 0. The summed E-state index contributed by atoms with van der Waals surface area (Å²) in [5.74, 6) is 0. The molecule has 4 heteroatoms. The van der Waals surface area contributed by atoms with Crippen molar-refractivity contribution < 1.29 is 0 Å². The highest BCUT2D eigenvalue weighted by Gasteiger charge is 2.24. The smallest absolute Gasteiger partial charge is 0.0943 e. The molecule has 88 valence electrons. The molecule has 17 heavy (non-hydrogen) atoms. The second-order valence-corrected chi connectivity index (χ2v) is 5.02. The van der Waals surface area contributed by atoms with Crippen molar-refractivity contribution in [2.24, 2.45) is 5.73 Å². The van der Waals surface area contributed by atoms with Crippen LogP contribution in [0.15, 0.2) is 35.7 Å². The van der Waals surface area contributed by atoms with Crippen molar-refractivity contribution in [3.8, 4) is 0 Å². The van der Waals surface area contributed by atoms with Crippen LogP contribution in [0.5, 0.6) is 0 Å². The Morgan fingerprint density at radius 3 is 3.00 bits per heavy atom. The molecule has 0 bridgehead atoms. The number of anilines is 1. The van der Waals surface area contributed by atoms with Gasteiger partial charge in [0.05, 0.1) is 17.4 Å². The molecule has 0 saturated heterocycles. The number of nitrogens with two attached hydrogens (primary N) is 1. The van der Waals surface area contributed by atoms with Crippen LogP contribution >= 0.6 is 11.5 Å². The van der Waals surface area contributed by atoms with Crippen LogP contribution < -0.4 is 10.6 Å². The lowest BCUT2D eigenvalue weighted by atomic mass is 10.0. The number of nitrogens with zero attached hydrogens (tertiary/aromatic N) is 2. The van der Waals surface area contributed by atoms with E-state index in [1.807, 2.05) is 6.07 Å². The highest BCUT2D eigenvalue weighted by atomic mass is 32.1. The fourth-order valence-electron chi connectivity index (χ4n) is 2.25. The van der Waals surface area contributed by atoms with Gasteiger partial charge in [0.2, 0.25) is 0 Å². The summed E-state index contributed by atoms with van der Waals surface area (Å²) in [5, 5.41) is 2.11. The monoisotopic (exact) mass is 245 g/mol.